The molecule has 1 saturated heterocycles. The van der Waals surface area contributed by atoms with Crippen LogP contribution in [-0.4, -0.2) is 59.6 Å². The van der Waals surface area contributed by atoms with Crippen LogP contribution in [0.15, 0.2) is 24.5 Å². The molecule has 0 amide bonds. The van der Waals surface area contributed by atoms with Gasteiger partial charge in [-0.2, -0.15) is 0 Å². The molecule has 0 unspecified atom stereocenters. The van der Waals surface area contributed by atoms with Crippen molar-refractivity contribution in [1.82, 2.24) is 9.97 Å². The second-order valence-electron chi connectivity index (χ2n) is 11.5. The zero-order valence-electron chi connectivity index (χ0n) is 23.5. The van der Waals surface area contributed by atoms with Gasteiger partial charge in [-0.05, 0) is 64.5 Å². The molecule has 37 heavy (non-hydrogen) atoms. The summed E-state index contributed by atoms with van der Waals surface area (Å²) in [6, 6.07) is 3.78. The van der Waals surface area contributed by atoms with Crippen molar-refractivity contribution in [1.29, 1.82) is 0 Å². The van der Waals surface area contributed by atoms with Gasteiger partial charge in [0, 0.05) is 42.7 Å². The fourth-order valence-electron chi connectivity index (χ4n) is 4.46. The Morgan fingerprint density at radius 1 is 1.11 bits per heavy atom. The van der Waals surface area contributed by atoms with E-state index in [1.807, 2.05) is 39.8 Å². The molecule has 3 rings (SSSR count). The maximum Gasteiger partial charge on any atom is 0.337 e. The number of hydrogen-bond acceptors (Lipinski definition) is 7. The second kappa shape index (κ2) is 12.2. The van der Waals surface area contributed by atoms with Gasteiger partial charge in [-0.15, -0.1) is 0 Å². The Morgan fingerprint density at radius 2 is 1.81 bits per heavy atom. The van der Waals surface area contributed by atoms with Crippen molar-refractivity contribution in [2.24, 2.45) is 5.41 Å². The fraction of sp³-hybridized carbons (Fsp3) is 0.621. The number of carboxylic acids is 1. The summed E-state index contributed by atoms with van der Waals surface area (Å²) in [4.78, 5) is 24.1. The third-order valence-corrected chi connectivity index (χ3v) is 6.54. The summed E-state index contributed by atoms with van der Waals surface area (Å²) < 4.78 is 17.3. The number of anilines is 1. The van der Waals surface area contributed by atoms with Gasteiger partial charge < -0.3 is 24.2 Å². The zero-order chi connectivity index (χ0) is 27.2. The predicted molar refractivity (Wildman–Crippen MR) is 145 cm³/mol. The number of aromatic nitrogens is 2. The number of hydrogen-bond donors (Lipinski definition) is 1. The van der Waals surface area contributed by atoms with Gasteiger partial charge in [0.05, 0.1) is 29.8 Å². The summed E-state index contributed by atoms with van der Waals surface area (Å²) in [7, 11) is 0. The van der Waals surface area contributed by atoms with Crippen molar-refractivity contribution in [3.05, 3.63) is 35.8 Å². The lowest BCUT2D eigenvalue weighted by Gasteiger charge is -2.40. The number of nitrogens with zero attached hydrogens (tertiary/aromatic N) is 3. The topological polar surface area (TPSA) is 94.0 Å². The lowest BCUT2D eigenvalue weighted by atomic mass is 9.82. The Kier molecular flexibility index (Phi) is 9.53. The molecular formula is C29H43N3O5. The number of rotatable bonds is 11. The standard InChI is InChI=1S/C29H43N3O5/c1-8-15-35-16-17-36-21-9-10-23(31-18-21)22-19-30-20(2)24(26(27(33)34)37-28(3,4)5)25(22)32-13-11-29(6,7)12-14-32/h9-10,18-19,26H,8,11-17H2,1-7H3,(H,33,34)/t26-/m0/s1. The summed E-state index contributed by atoms with van der Waals surface area (Å²) >= 11 is 0. The van der Waals surface area contributed by atoms with Crippen LogP contribution in [0.1, 0.15) is 78.2 Å². The van der Waals surface area contributed by atoms with E-state index in [0.717, 1.165) is 50.2 Å². The van der Waals surface area contributed by atoms with Crippen molar-refractivity contribution >= 4 is 11.7 Å². The van der Waals surface area contributed by atoms with E-state index in [2.05, 4.69) is 35.6 Å². The third kappa shape index (κ3) is 7.89. The highest BCUT2D eigenvalue weighted by atomic mass is 16.5. The summed E-state index contributed by atoms with van der Waals surface area (Å²) in [5, 5.41) is 10.2. The first kappa shape index (κ1) is 28.9. The molecule has 8 nitrogen and oxygen atoms in total. The first-order valence-electron chi connectivity index (χ1n) is 13.2. The van der Waals surface area contributed by atoms with E-state index >= 15 is 0 Å². The molecule has 3 heterocycles. The van der Waals surface area contributed by atoms with Gasteiger partial charge in [0.25, 0.3) is 0 Å². The van der Waals surface area contributed by atoms with Gasteiger partial charge in [0.15, 0.2) is 6.10 Å². The van der Waals surface area contributed by atoms with Crippen LogP contribution in [0.5, 0.6) is 5.75 Å². The Bertz CT molecular complexity index is 1040. The van der Waals surface area contributed by atoms with E-state index < -0.39 is 17.7 Å². The summed E-state index contributed by atoms with van der Waals surface area (Å²) in [5.74, 6) is -0.373. The summed E-state index contributed by atoms with van der Waals surface area (Å²) in [6.07, 6.45) is 5.33. The fourth-order valence-corrected chi connectivity index (χ4v) is 4.46. The highest BCUT2D eigenvalue weighted by molar-refractivity contribution is 5.85. The van der Waals surface area contributed by atoms with Gasteiger partial charge in [0.1, 0.15) is 12.4 Å². The minimum Gasteiger partial charge on any atom is -0.490 e. The Hall–Kier alpha value is -2.71. The normalized spacial score (nSPS) is 16.5. The van der Waals surface area contributed by atoms with Crippen LogP contribution in [0.3, 0.4) is 0 Å². The first-order valence-corrected chi connectivity index (χ1v) is 13.2. The minimum atomic E-state index is -1.15. The number of ether oxygens (including phenoxy) is 3. The highest BCUT2D eigenvalue weighted by Gasteiger charge is 2.36. The zero-order valence-corrected chi connectivity index (χ0v) is 23.5. The molecule has 1 N–H and O–H groups in total. The molecule has 2 aromatic heterocycles. The molecule has 1 atom stereocenters. The number of carboxylic acid groups (broad SMARTS) is 1. The van der Waals surface area contributed by atoms with Crippen LogP contribution in [0.4, 0.5) is 5.69 Å². The molecule has 2 aromatic rings. The monoisotopic (exact) mass is 513 g/mol. The molecule has 0 aromatic carbocycles. The SMILES string of the molecule is CCCOCCOc1ccc(-c2cnc(C)c([C@H](OC(C)(C)C)C(=O)O)c2N2CCC(C)(C)CC2)nc1. The number of piperidine rings is 1. The highest BCUT2D eigenvalue weighted by Crippen LogP contribution is 2.43. The molecular weight excluding hydrogens is 470 g/mol. The lowest BCUT2D eigenvalue weighted by Crippen LogP contribution is -2.39. The van der Waals surface area contributed by atoms with E-state index in [0.29, 0.717) is 35.9 Å². The number of aryl methyl sites for hydroxylation is 1. The average Bonchev–Trinajstić information content (AvgIpc) is 2.82. The van der Waals surface area contributed by atoms with E-state index in [1.165, 1.54) is 0 Å². The van der Waals surface area contributed by atoms with E-state index in [4.69, 9.17) is 14.2 Å². The Morgan fingerprint density at radius 3 is 2.38 bits per heavy atom. The molecule has 0 spiro atoms. The molecule has 1 aliphatic heterocycles. The number of carbonyl (C=O) groups is 1. The van der Waals surface area contributed by atoms with Gasteiger partial charge in [0.2, 0.25) is 0 Å². The summed E-state index contributed by atoms with van der Waals surface area (Å²) in [5.41, 5.74) is 3.18. The van der Waals surface area contributed by atoms with Crippen LogP contribution in [0.2, 0.25) is 0 Å². The van der Waals surface area contributed by atoms with E-state index in [9.17, 15) is 9.90 Å². The van der Waals surface area contributed by atoms with Crippen molar-refractivity contribution in [3.63, 3.8) is 0 Å². The number of aliphatic carboxylic acids is 1. The second-order valence-corrected chi connectivity index (χ2v) is 11.5. The van der Waals surface area contributed by atoms with Gasteiger partial charge in [-0.25, -0.2) is 4.79 Å². The number of pyridine rings is 2. The quantitative estimate of drug-likeness (QED) is 0.375. The molecule has 0 saturated carbocycles. The Labute approximate surface area is 221 Å². The maximum atomic E-state index is 12.5. The first-order chi connectivity index (χ1) is 17.4. The molecule has 0 bridgehead atoms. The van der Waals surface area contributed by atoms with Crippen molar-refractivity contribution in [2.75, 3.05) is 37.8 Å². The van der Waals surface area contributed by atoms with Crippen molar-refractivity contribution < 1.29 is 24.1 Å². The van der Waals surface area contributed by atoms with Crippen molar-refractivity contribution in [2.45, 2.75) is 79.4 Å². The van der Waals surface area contributed by atoms with Gasteiger partial charge in [-0.3, -0.25) is 9.97 Å². The van der Waals surface area contributed by atoms with Crippen LogP contribution in [0.25, 0.3) is 11.3 Å². The molecule has 1 aliphatic rings. The molecule has 0 radical (unpaired) electrons. The molecule has 8 heteroatoms. The van der Waals surface area contributed by atoms with Crippen LogP contribution in [0, 0.1) is 12.3 Å². The van der Waals surface area contributed by atoms with Crippen LogP contribution >= 0.6 is 0 Å². The molecule has 0 aliphatic carbocycles. The van der Waals surface area contributed by atoms with E-state index in [-0.39, 0.29) is 5.41 Å². The van der Waals surface area contributed by atoms with Crippen LogP contribution < -0.4 is 9.64 Å². The largest absolute Gasteiger partial charge is 0.490 e. The predicted octanol–water partition coefficient (Wildman–Crippen LogP) is 5.82. The average molecular weight is 514 g/mol. The lowest BCUT2D eigenvalue weighted by molar-refractivity contribution is -0.160. The van der Waals surface area contributed by atoms with Crippen molar-refractivity contribution in [3.8, 4) is 17.0 Å². The van der Waals surface area contributed by atoms with E-state index in [1.54, 1.807) is 12.4 Å². The smallest absolute Gasteiger partial charge is 0.337 e. The minimum absolute atomic E-state index is 0.241. The molecule has 1 fully saturated rings. The Balaban J connectivity index is 2.02. The van der Waals surface area contributed by atoms with Gasteiger partial charge >= 0.3 is 5.97 Å². The third-order valence-electron chi connectivity index (χ3n) is 6.54. The maximum absolute atomic E-state index is 12.5. The summed E-state index contributed by atoms with van der Waals surface area (Å²) in [6.45, 7) is 17.4. The van der Waals surface area contributed by atoms with Crippen LogP contribution in [-0.2, 0) is 14.3 Å². The van der Waals surface area contributed by atoms with Gasteiger partial charge in [-0.1, -0.05) is 20.8 Å². The molecule has 204 valence electrons.